The minimum atomic E-state index is -0.722. The van der Waals surface area contributed by atoms with Crippen molar-refractivity contribution in [2.24, 2.45) is 7.05 Å². The fourth-order valence-electron chi connectivity index (χ4n) is 4.81. The van der Waals surface area contributed by atoms with E-state index in [1.807, 2.05) is 49.0 Å². The van der Waals surface area contributed by atoms with Crippen LogP contribution in [0.2, 0.25) is 0 Å². The van der Waals surface area contributed by atoms with Crippen LogP contribution in [-0.2, 0) is 21.4 Å². The van der Waals surface area contributed by atoms with E-state index in [9.17, 15) is 14.7 Å². The molecule has 1 aromatic heterocycles. The fraction of sp³-hybridized carbons (Fsp3) is 0.542. The molecule has 1 aromatic carbocycles. The van der Waals surface area contributed by atoms with Gasteiger partial charge in [-0.15, -0.1) is 0 Å². The predicted molar refractivity (Wildman–Crippen MR) is 123 cm³/mol. The number of aryl methyl sites for hydroxylation is 1. The number of carbonyl (C=O) groups is 2. The van der Waals surface area contributed by atoms with Gasteiger partial charge in [0.25, 0.3) is 0 Å². The van der Waals surface area contributed by atoms with Gasteiger partial charge in [-0.2, -0.15) is 5.10 Å². The average Bonchev–Trinajstić information content (AvgIpc) is 3.56. The van der Waals surface area contributed by atoms with Gasteiger partial charge in [-0.25, -0.2) is 0 Å². The molecular weight excluding hydrogens is 422 g/mol. The normalized spacial score (nSPS) is 24.6. The summed E-state index contributed by atoms with van der Waals surface area (Å²) in [4.78, 5) is 27.9. The molecule has 2 saturated heterocycles. The van der Waals surface area contributed by atoms with E-state index in [2.05, 4.69) is 15.7 Å². The second-order valence-corrected chi connectivity index (χ2v) is 8.91. The maximum Gasteiger partial charge on any atom is 0.243 e. The molecule has 9 heteroatoms. The number of aliphatic hydroxyl groups is 1. The number of β-amino-alcohol motifs (C(OH)–C–C–N with tert-alkyl or cyclic N) is 1. The molecule has 2 aliphatic rings. The SMILES string of the molecule is CNC(C(=O)N1C[C@H](O)C[C@H]1C(=O)N[C@@H](C)c1ccc(-c2ccnn2C)cc1)[C@@H]1CCCO1. The van der Waals surface area contributed by atoms with Crippen molar-refractivity contribution in [2.45, 2.75) is 56.5 Å². The quantitative estimate of drug-likeness (QED) is 0.575. The Morgan fingerprint density at radius 1 is 1.24 bits per heavy atom. The van der Waals surface area contributed by atoms with Gasteiger partial charge in [0.1, 0.15) is 12.1 Å². The monoisotopic (exact) mass is 455 g/mol. The Balaban J connectivity index is 1.42. The molecule has 0 aliphatic carbocycles. The molecule has 4 rings (SSSR count). The van der Waals surface area contributed by atoms with Crippen LogP contribution in [0.1, 0.15) is 37.8 Å². The molecule has 0 spiro atoms. The van der Waals surface area contributed by atoms with Gasteiger partial charge in [0.2, 0.25) is 11.8 Å². The smallest absolute Gasteiger partial charge is 0.243 e. The Hall–Kier alpha value is -2.75. The topological polar surface area (TPSA) is 109 Å². The van der Waals surface area contributed by atoms with Gasteiger partial charge in [0.15, 0.2) is 0 Å². The van der Waals surface area contributed by atoms with Crippen LogP contribution >= 0.6 is 0 Å². The third kappa shape index (κ3) is 4.95. The number of aliphatic hydroxyl groups excluding tert-OH is 1. The maximum absolute atomic E-state index is 13.2. The Kier molecular flexibility index (Phi) is 7.11. The second kappa shape index (κ2) is 10.0. The van der Waals surface area contributed by atoms with Crippen molar-refractivity contribution in [1.29, 1.82) is 0 Å². The zero-order valence-corrected chi connectivity index (χ0v) is 19.4. The van der Waals surface area contributed by atoms with Crippen LogP contribution < -0.4 is 10.6 Å². The van der Waals surface area contributed by atoms with Crippen LogP contribution in [0.5, 0.6) is 0 Å². The molecule has 9 nitrogen and oxygen atoms in total. The molecule has 0 saturated carbocycles. The fourth-order valence-corrected chi connectivity index (χ4v) is 4.81. The zero-order chi connectivity index (χ0) is 23.5. The van der Waals surface area contributed by atoms with Crippen molar-refractivity contribution in [3.05, 3.63) is 42.1 Å². The van der Waals surface area contributed by atoms with Crippen LogP contribution in [0, 0.1) is 0 Å². The van der Waals surface area contributed by atoms with Gasteiger partial charge in [-0.05, 0) is 44.0 Å². The lowest BCUT2D eigenvalue weighted by molar-refractivity contribution is -0.142. The van der Waals surface area contributed by atoms with Gasteiger partial charge in [-0.1, -0.05) is 24.3 Å². The number of aromatic nitrogens is 2. The zero-order valence-electron chi connectivity index (χ0n) is 19.4. The molecule has 33 heavy (non-hydrogen) atoms. The summed E-state index contributed by atoms with van der Waals surface area (Å²) in [6.45, 7) is 2.70. The number of amides is 2. The third-order valence-electron chi connectivity index (χ3n) is 6.66. The van der Waals surface area contributed by atoms with E-state index in [1.165, 1.54) is 4.90 Å². The highest BCUT2D eigenvalue weighted by molar-refractivity contribution is 5.91. The largest absolute Gasteiger partial charge is 0.391 e. The van der Waals surface area contributed by atoms with E-state index in [1.54, 1.807) is 13.2 Å². The molecule has 178 valence electrons. The van der Waals surface area contributed by atoms with E-state index in [4.69, 9.17) is 4.74 Å². The van der Waals surface area contributed by atoms with E-state index in [0.717, 1.165) is 29.7 Å². The number of rotatable bonds is 7. The summed E-state index contributed by atoms with van der Waals surface area (Å²) in [5.41, 5.74) is 3.01. The van der Waals surface area contributed by atoms with Crippen LogP contribution in [0.3, 0.4) is 0 Å². The Morgan fingerprint density at radius 2 is 2.00 bits per heavy atom. The highest BCUT2D eigenvalue weighted by Gasteiger charge is 2.43. The first-order valence-electron chi connectivity index (χ1n) is 11.5. The minimum absolute atomic E-state index is 0.148. The van der Waals surface area contributed by atoms with Gasteiger partial charge >= 0.3 is 0 Å². The number of benzene rings is 1. The van der Waals surface area contributed by atoms with Crippen molar-refractivity contribution in [3.63, 3.8) is 0 Å². The van der Waals surface area contributed by atoms with Crippen molar-refractivity contribution in [3.8, 4) is 11.3 Å². The van der Waals surface area contributed by atoms with Gasteiger partial charge < -0.3 is 25.4 Å². The molecule has 5 atom stereocenters. The Bertz CT molecular complexity index is 969. The summed E-state index contributed by atoms with van der Waals surface area (Å²) in [5, 5.41) is 20.5. The number of ether oxygens (including phenoxy) is 1. The maximum atomic E-state index is 13.2. The summed E-state index contributed by atoms with van der Waals surface area (Å²) in [5.74, 6) is -0.459. The molecular formula is C24H33N5O4. The molecule has 2 aromatic rings. The average molecular weight is 456 g/mol. The summed E-state index contributed by atoms with van der Waals surface area (Å²) in [6, 6.07) is 8.44. The number of hydrogen-bond acceptors (Lipinski definition) is 6. The van der Waals surface area contributed by atoms with Crippen LogP contribution in [0.4, 0.5) is 0 Å². The van der Waals surface area contributed by atoms with Crippen molar-refractivity contribution in [1.82, 2.24) is 25.3 Å². The molecule has 2 fully saturated rings. The van der Waals surface area contributed by atoms with E-state index >= 15 is 0 Å². The lowest BCUT2D eigenvalue weighted by atomic mass is 10.0. The third-order valence-corrected chi connectivity index (χ3v) is 6.66. The lowest BCUT2D eigenvalue weighted by Crippen LogP contribution is -2.55. The van der Waals surface area contributed by atoms with E-state index < -0.39 is 18.2 Å². The summed E-state index contributed by atoms with van der Waals surface area (Å²) >= 11 is 0. The number of likely N-dealkylation sites (tertiary alicyclic amines) is 1. The van der Waals surface area contributed by atoms with Crippen molar-refractivity contribution >= 4 is 11.8 Å². The van der Waals surface area contributed by atoms with Gasteiger partial charge in [0.05, 0.1) is 23.9 Å². The van der Waals surface area contributed by atoms with E-state index in [-0.39, 0.29) is 36.9 Å². The predicted octanol–water partition coefficient (Wildman–Crippen LogP) is 0.993. The van der Waals surface area contributed by atoms with Crippen molar-refractivity contribution < 1.29 is 19.4 Å². The van der Waals surface area contributed by atoms with Gasteiger partial charge in [-0.3, -0.25) is 14.3 Å². The number of carbonyl (C=O) groups excluding carboxylic acids is 2. The summed E-state index contributed by atoms with van der Waals surface area (Å²) in [7, 11) is 3.62. The second-order valence-electron chi connectivity index (χ2n) is 8.91. The highest BCUT2D eigenvalue weighted by Crippen LogP contribution is 2.25. The van der Waals surface area contributed by atoms with Crippen molar-refractivity contribution in [2.75, 3.05) is 20.2 Å². The van der Waals surface area contributed by atoms with Crippen LogP contribution in [0.15, 0.2) is 36.5 Å². The number of likely N-dealkylation sites (N-methyl/N-ethyl adjacent to an activating group) is 1. The molecule has 2 aliphatic heterocycles. The number of nitrogens with zero attached hydrogens (tertiary/aromatic N) is 3. The standard InChI is InChI=1S/C24H33N5O4/c1-15(16-6-8-17(9-7-16)19-10-11-26-28(19)3)27-23(31)20-13-18(30)14-29(20)24(32)22(25-2)21-5-4-12-33-21/h6-11,15,18,20-22,25,30H,4-5,12-14H2,1-3H3,(H,27,31)/t15-,18+,20-,21-,22?/m0/s1. The summed E-state index contributed by atoms with van der Waals surface area (Å²) < 4.78 is 7.51. The molecule has 3 heterocycles. The Labute approximate surface area is 194 Å². The number of hydrogen-bond donors (Lipinski definition) is 3. The molecule has 3 N–H and O–H groups in total. The molecule has 2 amide bonds. The molecule has 0 bridgehead atoms. The molecule has 1 unspecified atom stereocenters. The van der Waals surface area contributed by atoms with Crippen LogP contribution in [-0.4, -0.2) is 76.1 Å². The minimum Gasteiger partial charge on any atom is -0.391 e. The first-order valence-corrected chi connectivity index (χ1v) is 11.5. The first-order chi connectivity index (χ1) is 15.9. The van der Waals surface area contributed by atoms with Crippen LogP contribution in [0.25, 0.3) is 11.3 Å². The van der Waals surface area contributed by atoms with Gasteiger partial charge in [0, 0.05) is 32.8 Å². The first kappa shape index (κ1) is 23.4. The lowest BCUT2D eigenvalue weighted by Gasteiger charge is -2.30. The Morgan fingerprint density at radius 3 is 2.61 bits per heavy atom. The highest BCUT2D eigenvalue weighted by atomic mass is 16.5. The molecule has 0 radical (unpaired) electrons. The van der Waals surface area contributed by atoms with E-state index in [0.29, 0.717) is 6.61 Å². The number of nitrogens with one attached hydrogen (secondary N) is 2. The summed E-state index contributed by atoms with van der Waals surface area (Å²) in [6.07, 6.45) is 2.77.